The van der Waals surface area contributed by atoms with E-state index in [9.17, 15) is 22.8 Å². The van der Waals surface area contributed by atoms with E-state index in [1.165, 1.54) is 31.2 Å². The number of ketones is 1. The van der Waals surface area contributed by atoms with Crippen molar-refractivity contribution in [1.82, 2.24) is 15.4 Å². The molecule has 0 saturated carbocycles. The first kappa shape index (κ1) is 24.0. The van der Waals surface area contributed by atoms with Gasteiger partial charge < -0.3 is 15.4 Å². The van der Waals surface area contributed by atoms with E-state index in [1.54, 1.807) is 19.2 Å². The Morgan fingerprint density at radius 3 is 2.13 bits per heavy atom. The maximum Gasteiger partial charge on any atom is 0.240 e. The Morgan fingerprint density at radius 2 is 1.55 bits per heavy atom. The summed E-state index contributed by atoms with van der Waals surface area (Å²) >= 11 is 0. The minimum Gasteiger partial charge on any atom is -0.497 e. The van der Waals surface area contributed by atoms with Gasteiger partial charge in [-0.3, -0.25) is 14.4 Å². The summed E-state index contributed by atoms with van der Waals surface area (Å²) in [6, 6.07) is 12.7. The van der Waals surface area contributed by atoms with Crippen LogP contribution in [0.3, 0.4) is 0 Å². The number of methoxy groups -OCH3 is 1. The second-order valence-corrected chi connectivity index (χ2v) is 8.40. The summed E-state index contributed by atoms with van der Waals surface area (Å²) in [5.74, 6) is -0.280. The first-order valence-electron chi connectivity index (χ1n) is 9.48. The second kappa shape index (κ2) is 11.2. The molecule has 0 atom stereocenters. The van der Waals surface area contributed by atoms with Crippen molar-refractivity contribution in [2.75, 3.05) is 20.2 Å². The molecule has 2 rings (SSSR count). The van der Waals surface area contributed by atoms with Crippen molar-refractivity contribution in [3.8, 4) is 5.75 Å². The Kier molecular flexibility index (Phi) is 8.71. The molecular weight excluding hydrogens is 422 g/mol. The van der Waals surface area contributed by atoms with Crippen molar-refractivity contribution in [2.45, 2.75) is 24.8 Å². The summed E-state index contributed by atoms with van der Waals surface area (Å²) in [6.45, 7) is 1.35. The number of carbonyl (C=O) groups is 3. The summed E-state index contributed by atoms with van der Waals surface area (Å²) in [5.41, 5.74) is 1.29. The fourth-order valence-electron chi connectivity index (χ4n) is 2.52. The van der Waals surface area contributed by atoms with E-state index < -0.39 is 15.9 Å². The minimum atomic E-state index is -3.80. The smallest absolute Gasteiger partial charge is 0.240 e. The second-order valence-electron chi connectivity index (χ2n) is 6.63. The number of amides is 2. The van der Waals surface area contributed by atoms with Crippen LogP contribution < -0.4 is 20.1 Å². The quantitative estimate of drug-likeness (QED) is 0.441. The number of benzene rings is 2. The topological polar surface area (TPSA) is 131 Å². The van der Waals surface area contributed by atoms with E-state index in [0.29, 0.717) is 17.9 Å². The van der Waals surface area contributed by atoms with E-state index in [0.717, 1.165) is 5.56 Å². The fraction of sp³-hybridized carbons (Fsp3) is 0.286. The Hall–Kier alpha value is -3.24. The molecular formula is C21H25N3O6S. The molecule has 0 unspecified atom stereocenters. The predicted molar refractivity (Wildman–Crippen MR) is 114 cm³/mol. The Balaban J connectivity index is 1.69. The van der Waals surface area contributed by atoms with Gasteiger partial charge in [0.15, 0.2) is 5.78 Å². The summed E-state index contributed by atoms with van der Waals surface area (Å²) in [4.78, 5) is 35.0. The molecule has 2 amide bonds. The largest absolute Gasteiger partial charge is 0.497 e. The molecule has 2 aromatic carbocycles. The van der Waals surface area contributed by atoms with Crippen LogP contribution in [0.2, 0.25) is 0 Å². The normalized spacial score (nSPS) is 10.9. The molecule has 2 aromatic rings. The number of rotatable bonds is 11. The van der Waals surface area contributed by atoms with Crippen LogP contribution in [0.1, 0.15) is 29.3 Å². The van der Waals surface area contributed by atoms with Crippen LogP contribution in [0.15, 0.2) is 53.4 Å². The van der Waals surface area contributed by atoms with Crippen LogP contribution in [-0.2, 0) is 26.2 Å². The average molecular weight is 448 g/mol. The number of Topliss-reactive ketones (excluding diaryl/α,β-unsaturated/α-hetero) is 1. The molecule has 0 aliphatic rings. The third kappa shape index (κ3) is 7.83. The Bertz CT molecular complexity index is 1020. The number of carbonyl (C=O) groups excluding carboxylic acids is 3. The number of nitrogens with one attached hydrogen (secondary N) is 3. The average Bonchev–Trinajstić information content (AvgIpc) is 2.76. The van der Waals surface area contributed by atoms with Crippen molar-refractivity contribution in [1.29, 1.82) is 0 Å². The van der Waals surface area contributed by atoms with Gasteiger partial charge in [0.25, 0.3) is 0 Å². The lowest BCUT2D eigenvalue weighted by molar-refractivity contribution is -0.126. The van der Waals surface area contributed by atoms with E-state index in [2.05, 4.69) is 15.4 Å². The van der Waals surface area contributed by atoms with Gasteiger partial charge in [-0.1, -0.05) is 24.3 Å². The number of ether oxygens (including phenoxy) is 1. The van der Waals surface area contributed by atoms with Gasteiger partial charge in [-0.25, -0.2) is 13.1 Å². The lowest BCUT2D eigenvalue weighted by Gasteiger charge is -2.09. The van der Waals surface area contributed by atoms with Crippen LogP contribution in [0, 0.1) is 0 Å². The zero-order valence-corrected chi connectivity index (χ0v) is 18.1. The van der Waals surface area contributed by atoms with Gasteiger partial charge in [0, 0.05) is 25.1 Å². The van der Waals surface area contributed by atoms with Gasteiger partial charge in [0.2, 0.25) is 21.8 Å². The molecule has 10 heteroatoms. The lowest BCUT2D eigenvalue weighted by atomic mass is 10.2. The number of hydrogen-bond acceptors (Lipinski definition) is 6. The molecule has 0 saturated heterocycles. The highest BCUT2D eigenvalue weighted by molar-refractivity contribution is 7.89. The molecule has 31 heavy (non-hydrogen) atoms. The molecule has 9 nitrogen and oxygen atoms in total. The molecule has 0 bridgehead atoms. The van der Waals surface area contributed by atoms with Crippen molar-refractivity contribution < 1.29 is 27.5 Å². The maximum absolute atomic E-state index is 12.2. The highest BCUT2D eigenvalue weighted by atomic mass is 32.2. The predicted octanol–water partition coefficient (Wildman–Crippen LogP) is 0.999. The standard InChI is InChI=1S/C21H25N3O6S/c1-15(25)17-5-9-19(10-6-17)31(28,29)24-12-11-20(26)23-14-21(27)22-13-16-3-7-18(30-2)8-4-16/h3-10,24H,11-14H2,1-2H3,(H,22,27)(H,23,26). The molecule has 3 N–H and O–H groups in total. The Morgan fingerprint density at radius 1 is 0.903 bits per heavy atom. The van der Waals surface area contributed by atoms with Gasteiger partial charge in [-0.15, -0.1) is 0 Å². The van der Waals surface area contributed by atoms with Gasteiger partial charge in [0.05, 0.1) is 18.6 Å². The van der Waals surface area contributed by atoms with Crippen LogP contribution in [0.5, 0.6) is 5.75 Å². The summed E-state index contributed by atoms with van der Waals surface area (Å²) in [6.07, 6.45) is -0.128. The first-order chi connectivity index (χ1) is 14.7. The van der Waals surface area contributed by atoms with Crippen LogP contribution in [0.4, 0.5) is 0 Å². The van der Waals surface area contributed by atoms with E-state index in [1.807, 2.05) is 12.1 Å². The molecule has 0 fully saturated rings. The van der Waals surface area contributed by atoms with Gasteiger partial charge >= 0.3 is 0 Å². The van der Waals surface area contributed by atoms with Gasteiger partial charge in [-0.2, -0.15) is 0 Å². The highest BCUT2D eigenvalue weighted by Gasteiger charge is 2.15. The third-order valence-corrected chi connectivity index (χ3v) is 5.79. The van der Waals surface area contributed by atoms with E-state index >= 15 is 0 Å². The van der Waals surface area contributed by atoms with Crippen LogP contribution >= 0.6 is 0 Å². The minimum absolute atomic E-state index is 0.00387. The molecule has 0 aliphatic carbocycles. The van der Waals surface area contributed by atoms with Gasteiger partial charge in [0.1, 0.15) is 5.75 Å². The fourth-order valence-corrected chi connectivity index (χ4v) is 3.56. The van der Waals surface area contributed by atoms with Gasteiger partial charge in [-0.05, 0) is 36.8 Å². The zero-order chi connectivity index (χ0) is 22.9. The van der Waals surface area contributed by atoms with Crippen molar-refractivity contribution in [3.63, 3.8) is 0 Å². The molecule has 0 aliphatic heterocycles. The van der Waals surface area contributed by atoms with E-state index in [-0.39, 0.29) is 36.1 Å². The highest BCUT2D eigenvalue weighted by Crippen LogP contribution is 2.11. The third-order valence-electron chi connectivity index (χ3n) is 4.31. The molecule has 0 radical (unpaired) electrons. The van der Waals surface area contributed by atoms with Crippen molar-refractivity contribution >= 4 is 27.6 Å². The summed E-state index contributed by atoms with van der Waals surface area (Å²) in [7, 11) is -2.24. The van der Waals surface area contributed by atoms with Crippen LogP contribution in [0.25, 0.3) is 0 Å². The van der Waals surface area contributed by atoms with Crippen molar-refractivity contribution in [2.24, 2.45) is 0 Å². The van der Waals surface area contributed by atoms with Crippen molar-refractivity contribution in [3.05, 3.63) is 59.7 Å². The maximum atomic E-state index is 12.2. The molecule has 166 valence electrons. The molecule has 0 heterocycles. The Labute approximate surface area is 181 Å². The van der Waals surface area contributed by atoms with E-state index in [4.69, 9.17) is 4.74 Å². The first-order valence-corrected chi connectivity index (χ1v) is 11.0. The summed E-state index contributed by atoms with van der Waals surface area (Å²) < 4.78 is 31.8. The number of hydrogen-bond donors (Lipinski definition) is 3. The molecule has 0 spiro atoms. The molecule has 0 aromatic heterocycles. The monoisotopic (exact) mass is 447 g/mol. The lowest BCUT2D eigenvalue weighted by Crippen LogP contribution is -2.38. The summed E-state index contributed by atoms with van der Waals surface area (Å²) in [5, 5.41) is 5.12. The van der Waals surface area contributed by atoms with Crippen LogP contribution in [-0.4, -0.2) is 46.2 Å². The SMILES string of the molecule is COc1ccc(CNC(=O)CNC(=O)CCNS(=O)(=O)c2ccc(C(C)=O)cc2)cc1. The number of sulfonamides is 1. The zero-order valence-electron chi connectivity index (χ0n) is 17.3.